The van der Waals surface area contributed by atoms with Gasteiger partial charge in [-0.2, -0.15) is 0 Å². The van der Waals surface area contributed by atoms with Crippen molar-refractivity contribution in [2.24, 2.45) is 0 Å². The van der Waals surface area contributed by atoms with Crippen LogP contribution in [0.4, 0.5) is 23.2 Å². The summed E-state index contributed by atoms with van der Waals surface area (Å²) in [7, 11) is 1.50. The van der Waals surface area contributed by atoms with Gasteiger partial charge in [-0.25, -0.2) is 17.6 Å². The third-order valence-electron chi connectivity index (χ3n) is 2.34. The van der Waals surface area contributed by atoms with Crippen LogP contribution in [0.15, 0.2) is 6.07 Å². The largest absolute Gasteiger partial charge is 0.372 e. The van der Waals surface area contributed by atoms with Crippen LogP contribution in [0.5, 0.6) is 0 Å². The summed E-state index contributed by atoms with van der Waals surface area (Å²) in [6.07, 6.45) is 1.63. The number of anilines is 1. The molecule has 0 saturated carbocycles. The quantitative estimate of drug-likeness (QED) is 0.438. The van der Waals surface area contributed by atoms with Gasteiger partial charge in [-0.1, -0.05) is 13.3 Å². The molecule has 1 rings (SSSR count). The highest BCUT2D eigenvalue weighted by atomic mass is 19.2. The van der Waals surface area contributed by atoms with Gasteiger partial charge < -0.3 is 4.90 Å². The summed E-state index contributed by atoms with van der Waals surface area (Å²) in [4.78, 5) is 1.37. The van der Waals surface area contributed by atoms with Crippen LogP contribution in [0.1, 0.15) is 19.8 Å². The summed E-state index contributed by atoms with van der Waals surface area (Å²) in [6.45, 7) is 2.40. The minimum atomic E-state index is -1.77. The average molecular weight is 235 g/mol. The molecule has 1 nitrogen and oxygen atoms in total. The predicted octanol–water partition coefficient (Wildman–Crippen LogP) is 3.48. The molecule has 0 unspecified atom stereocenters. The molecule has 0 saturated heterocycles. The number of nitrogens with zero attached hydrogens (tertiary/aromatic N) is 1. The fourth-order valence-corrected chi connectivity index (χ4v) is 1.35. The average Bonchev–Trinajstić information content (AvgIpc) is 2.28. The zero-order chi connectivity index (χ0) is 12.3. The first-order chi connectivity index (χ1) is 7.49. The Morgan fingerprint density at radius 3 is 2.25 bits per heavy atom. The van der Waals surface area contributed by atoms with Gasteiger partial charge in [0.05, 0.1) is 5.69 Å². The minimum absolute atomic E-state index is 0.259. The van der Waals surface area contributed by atoms with Gasteiger partial charge in [-0.05, 0) is 6.42 Å². The minimum Gasteiger partial charge on any atom is -0.372 e. The van der Waals surface area contributed by atoms with Crippen LogP contribution in [0, 0.1) is 23.3 Å². The van der Waals surface area contributed by atoms with Crippen LogP contribution >= 0.6 is 0 Å². The zero-order valence-corrected chi connectivity index (χ0v) is 9.16. The Morgan fingerprint density at radius 2 is 1.69 bits per heavy atom. The Bertz CT molecular complexity index is 379. The first-order valence-corrected chi connectivity index (χ1v) is 5.03. The number of rotatable bonds is 4. The lowest BCUT2D eigenvalue weighted by molar-refractivity contribution is 0.409. The highest BCUT2D eigenvalue weighted by Crippen LogP contribution is 2.25. The van der Waals surface area contributed by atoms with Crippen molar-refractivity contribution in [2.45, 2.75) is 19.8 Å². The second-order valence-electron chi connectivity index (χ2n) is 3.59. The first kappa shape index (κ1) is 12.8. The lowest BCUT2D eigenvalue weighted by Gasteiger charge is -2.20. The monoisotopic (exact) mass is 235 g/mol. The van der Waals surface area contributed by atoms with Crippen molar-refractivity contribution in [1.29, 1.82) is 0 Å². The second-order valence-corrected chi connectivity index (χ2v) is 3.59. The molecule has 0 amide bonds. The summed E-state index contributed by atoms with van der Waals surface area (Å²) in [5, 5.41) is 0. The standard InChI is InChI=1S/C11H13F4N/c1-3-4-5-16(2)8-6-7(12)9(13)11(15)10(8)14/h6H,3-5H2,1-2H3. The first-order valence-electron chi connectivity index (χ1n) is 5.03. The highest BCUT2D eigenvalue weighted by molar-refractivity contribution is 5.48. The van der Waals surface area contributed by atoms with Gasteiger partial charge >= 0.3 is 0 Å². The molecule has 0 N–H and O–H groups in total. The van der Waals surface area contributed by atoms with Gasteiger partial charge in [0.25, 0.3) is 0 Å². The summed E-state index contributed by atoms with van der Waals surface area (Å²) >= 11 is 0. The molecule has 0 aliphatic carbocycles. The normalized spacial score (nSPS) is 10.6. The van der Waals surface area contributed by atoms with Gasteiger partial charge in [0, 0.05) is 19.7 Å². The van der Waals surface area contributed by atoms with Gasteiger partial charge in [0.1, 0.15) is 0 Å². The van der Waals surface area contributed by atoms with Crippen molar-refractivity contribution in [2.75, 3.05) is 18.5 Å². The van der Waals surface area contributed by atoms with E-state index < -0.39 is 23.3 Å². The number of halogens is 4. The van der Waals surface area contributed by atoms with E-state index in [-0.39, 0.29) is 5.69 Å². The van der Waals surface area contributed by atoms with Crippen molar-refractivity contribution >= 4 is 5.69 Å². The van der Waals surface area contributed by atoms with Gasteiger partial charge in [-0.3, -0.25) is 0 Å². The molecule has 0 spiro atoms. The fourth-order valence-electron chi connectivity index (χ4n) is 1.35. The van der Waals surface area contributed by atoms with Gasteiger partial charge in [0.15, 0.2) is 23.3 Å². The summed E-state index contributed by atoms with van der Waals surface area (Å²) in [5.74, 6) is -6.27. The topological polar surface area (TPSA) is 3.24 Å². The molecule has 0 aromatic heterocycles. The number of hydrogen-bond acceptors (Lipinski definition) is 1. The van der Waals surface area contributed by atoms with Crippen LogP contribution in [-0.4, -0.2) is 13.6 Å². The Hall–Kier alpha value is -1.26. The molecule has 0 fully saturated rings. The predicted molar refractivity (Wildman–Crippen MR) is 54.5 cm³/mol. The molecule has 1 aromatic rings. The lowest BCUT2D eigenvalue weighted by atomic mass is 10.2. The molecule has 0 atom stereocenters. The van der Waals surface area contributed by atoms with E-state index >= 15 is 0 Å². The van der Waals surface area contributed by atoms with E-state index in [0.29, 0.717) is 12.6 Å². The van der Waals surface area contributed by atoms with Crippen LogP contribution in [0.3, 0.4) is 0 Å². The SMILES string of the molecule is CCCCN(C)c1cc(F)c(F)c(F)c1F. The van der Waals surface area contributed by atoms with Gasteiger partial charge in [0.2, 0.25) is 0 Å². The molecule has 0 bridgehead atoms. The Labute approximate surface area is 91.7 Å². The van der Waals surface area contributed by atoms with Crippen molar-refractivity contribution in [3.63, 3.8) is 0 Å². The fraction of sp³-hybridized carbons (Fsp3) is 0.455. The van der Waals surface area contributed by atoms with Crippen LogP contribution < -0.4 is 4.90 Å². The zero-order valence-electron chi connectivity index (χ0n) is 9.16. The van der Waals surface area contributed by atoms with Crippen LogP contribution in [0.25, 0.3) is 0 Å². The molecule has 16 heavy (non-hydrogen) atoms. The second kappa shape index (κ2) is 5.18. The highest BCUT2D eigenvalue weighted by Gasteiger charge is 2.20. The molecule has 5 heteroatoms. The van der Waals surface area contributed by atoms with Crippen LogP contribution in [0.2, 0.25) is 0 Å². The maximum absolute atomic E-state index is 13.3. The van der Waals surface area contributed by atoms with Crippen molar-refractivity contribution in [3.8, 4) is 0 Å². The maximum atomic E-state index is 13.3. The molecule has 0 aliphatic heterocycles. The van der Waals surface area contributed by atoms with Crippen molar-refractivity contribution in [3.05, 3.63) is 29.3 Å². The molecule has 0 heterocycles. The summed E-state index contributed by atoms with van der Waals surface area (Å²) < 4.78 is 51.8. The number of unbranched alkanes of at least 4 members (excludes halogenated alkanes) is 1. The van der Waals surface area contributed by atoms with E-state index in [4.69, 9.17) is 0 Å². The van der Waals surface area contributed by atoms with E-state index in [1.54, 1.807) is 0 Å². The Balaban J connectivity index is 3.05. The van der Waals surface area contributed by atoms with E-state index in [9.17, 15) is 17.6 Å². The summed E-state index contributed by atoms with van der Waals surface area (Å²) in [6, 6.07) is 0.670. The molecule has 90 valence electrons. The number of benzene rings is 1. The third kappa shape index (κ3) is 2.46. The van der Waals surface area contributed by atoms with Gasteiger partial charge in [-0.15, -0.1) is 0 Å². The molecule has 1 aromatic carbocycles. The van der Waals surface area contributed by atoms with E-state index in [2.05, 4.69) is 0 Å². The number of hydrogen-bond donors (Lipinski definition) is 0. The van der Waals surface area contributed by atoms with E-state index in [1.165, 1.54) is 11.9 Å². The maximum Gasteiger partial charge on any atom is 0.199 e. The Kier molecular flexibility index (Phi) is 4.15. The lowest BCUT2D eigenvalue weighted by Crippen LogP contribution is -2.20. The van der Waals surface area contributed by atoms with E-state index in [0.717, 1.165) is 12.8 Å². The summed E-state index contributed by atoms with van der Waals surface area (Å²) in [5.41, 5.74) is -0.259. The van der Waals surface area contributed by atoms with Crippen molar-refractivity contribution in [1.82, 2.24) is 0 Å². The molecule has 0 aliphatic rings. The third-order valence-corrected chi connectivity index (χ3v) is 2.34. The smallest absolute Gasteiger partial charge is 0.199 e. The van der Waals surface area contributed by atoms with Crippen molar-refractivity contribution < 1.29 is 17.6 Å². The Morgan fingerprint density at radius 1 is 1.06 bits per heavy atom. The van der Waals surface area contributed by atoms with Crippen LogP contribution in [-0.2, 0) is 0 Å². The van der Waals surface area contributed by atoms with E-state index in [1.807, 2.05) is 6.92 Å². The molecular weight excluding hydrogens is 222 g/mol. The molecule has 0 radical (unpaired) electrons. The molecular formula is C11H13F4N.